The maximum Gasteiger partial charge on any atom is -0.0231 e. The summed E-state index contributed by atoms with van der Waals surface area (Å²) in [4.78, 5) is 0. The van der Waals surface area contributed by atoms with E-state index in [0.717, 1.165) is 13.9 Å². The highest BCUT2D eigenvalue weighted by molar-refractivity contribution is 14.0. The summed E-state index contributed by atoms with van der Waals surface area (Å²) < 4.78 is 0. The van der Waals surface area contributed by atoms with Crippen molar-refractivity contribution in [3.8, 4) is 0 Å². The van der Waals surface area contributed by atoms with Crippen LogP contribution in [0.5, 0.6) is 0 Å². The lowest BCUT2D eigenvalue weighted by atomic mass is 10.2. The predicted molar refractivity (Wildman–Crippen MR) is 62.4 cm³/mol. The summed E-state index contributed by atoms with van der Waals surface area (Å²) in [6.07, 6.45) is 4.17. The molecule has 0 nitrogen and oxygen atoms in total. The first kappa shape index (κ1) is 13.2. The molecular weight excluding hydrogens is 261 g/mol. The number of hydrogen-bond donors (Lipinski definition) is 0. The molecule has 0 heterocycles. The van der Waals surface area contributed by atoms with Gasteiger partial charge in [0.1, 0.15) is 0 Å². The minimum Gasteiger partial charge on any atom is -0.114 e. The molecule has 0 aromatic carbocycles. The average molecular weight is 278 g/mol. The van der Waals surface area contributed by atoms with Crippen LogP contribution in [0.4, 0.5) is 0 Å². The molecule has 0 aliphatic carbocycles. The Bertz CT molecular complexity index is 50.3. The van der Waals surface area contributed by atoms with Gasteiger partial charge in [-0.2, -0.15) is 0 Å². The Hall–Kier alpha value is 1.59. The van der Waals surface area contributed by atoms with Crippen molar-refractivity contribution in [1.29, 1.82) is 0 Å². The van der Waals surface area contributed by atoms with Gasteiger partial charge in [-0.15, -0.1) is 32.9 Å². The van der Waals surface area contributed by atoms with Gasteiger partial charge in [-0.05, 0) is 12.1 Å². The monoisotopic (exact) mass is 278 g/mol. The second kappa shape index (κ2) is 9.59. The smallest absolute Gasteiger partial charge is 0.0231 e. The lowest BCUT2D eigenvalue weighted by molar-refractivity contribution is 0.712. The molecule has 0 aliphatic heterocycles. The van der Waals surface area contributed by atoms with Crippen molar-refractivity contribution in [1.82, 2.24) is 0 Å². The molecule has 3 unspecified atom stereocenters. The molecule has 0 amide bonds. The second-order valence-corrected chi connectivity index (χ2v) is 4.53. The van der Waals surface area contributed by atoms with Gasteiger partial charge in [0.15, 0.2) is 0 Å². The van der Waals surface area contributed by atoms with E-state index >= 15 is 0 Å². The van der Waals surface area contributed by atoms with Gasteiger partial charge in [0, 0.05) is 0 Å². The summed E-state index contributed by atoms with van der Waals surface area (Å²) in [5, 5.41) is 0. The lowest BCUT2D eigenvalue weighted by Gasteiger charge is -2.04. The first-order valence-electron chi connectivity index (χ1n) is 3.27. The van der Waals surface area contributed by atoms with Gasteiger partial charge in [0.05, 0.1) is 0 Å². The van der Waals surface area contributed by atoms with Gasteiger partial charge >= 0.3 is 0 Å². The van der Waals surface area contributed by atoms with Crippen LogP contribution in [-0.4, -0.2) is 5.66 Å². The van der Waals surface area contributed by atoms with E-state index in [1.165, 1.54) is 19.3 Å². The fourth-order valence-corrected chi connectivity index (χ4v) is 1.46. The summed E-state index contributed by atoms with van der Waals surface area (Å²) in [6, 6.07) is 0. The zero-order valence-electron chi connectivity index (χ0n) is 6.18. The zero-order valence-corrected chi connectivity index (χ0v) is 10.7. The van der Waals surface area contributed by atoms with Crippen LogP contribution in [0, 0.1) is 0 Å². The normalized spacial score (nSPS) is 13.7. The molecule has 9 heavy (non-hydrogen) atoms. The van der Waals surface area contributed by atoms with Gasteiger partial charge in [-0.25, -0.2) is 0 Å². The van der Waals surface area contributed by atoms with Crippen molar-refractivity contribution in [3.63, 3.8) is 0 Å². The molecule has 58 valence electrons. The van der Waals surface area contributed by atoms with Gasteiger partial charge in [0.2, 0.25) is 0 Å². The molecule has 0 aromatic heterocycles. The molecule has 0 saturated heterocycles. The largest absolute Gasteiger partial charge is 0.114 e. The quantitative estimate of drug-likeness (QED) is 0.544. The molecule has 3 atom stereocenters. The third kappa shape index (κ3) is 9.59. The standard InChI is InChI=1S/C6H16P2.HI/c1-3-4-5-6(2)8-7;/h6,8H,3-5,7H2,1-2H3;1H. The van der Waals surface area contributed by atoms with E-state index in [1.807, 2.05) is 0 Å². The molecule has 0 fully saturated rings. The summed E-state index contributed by atoms with van der Waals surface area (Å²) in [5.74, 6) is 0. The van der Waals surface area contributed by atoms with Crippen molar-refractivity contribution in [2.45, 2.75) is 38.8 Å². The van der Waals surface area contributed by atoms with E-state index in [2.05, 4.69) is 22.8 Å². The number of halogens is 1. The molecule has 0 radical (unpaired) electrons. The van der Waals surface area contributed by atoms with E-state index in [0.29, 0.717) is 0 Å². The van der Waals surface area contributed by atoms with Crippen LogP contribution in [0.1, 0.15) is 33.1 Å². The van der Waals surface area contributed by atoms with Crippen LogP contribution in [0.2, 0.25) is 0 Å². The third-order valence-corrected chi connectivity index (χ3v) is 3.84. The molecule has 0 aromatic rings. The third-order valence-electron chi connectivity index (χ3n) is 1.28. The summed E-state index contributed by atoms with van der Waals surface area (Å²) in [6.45, 7) is 4.57. The second-order valence-electron chi connectivity index (χ2n) is 2.21. The fourth-order valence-electron chi connectivity index (χ4n) is 0.594. The van der Waals surface area contributed by atoms with Crippen LogP contribution in [0.3, 0.4) is 0 Å². The SMILES string of the molecule is CCCCC(C)PP.I. The topological polar surface area (TPSA) is 0 Å². The number of unbranched alkanes of at least 4 members (excludes halogenated alkanes) is 1. The van der Waals surface area contributed by atoms with Crippen LogP contribution in [-0.2, 0) is 0 Å². The maximum atomic E-state index is 2.82. The van der Waals surface area contributed by atoms with Crippen molar-refractivity contribution in [3.05, 3.63) is 0 Å². The molecule has 0 rings (SSSR count). The Labute approximate surface area is 79.8 Å². The fraction of sp³-hybridized carbons (Fsp3) is 1.00. The summed E-state index contributed by atoms with van der Waals surface area (Å²) >= 11 is 0. The summed E-state index contributed by atoms with van der Waals surface area (Å²) in [5.41, 5.74) is 0.944. The van der Waals surface area contributed by atoms with Gasteiger partial charge in [-0.3, -0.25) is 0 Å². The molecule has 0 bridgehead atoms. The Morgan fingerprint density at radius 3 is 2.44 bits per heavy atom. The van der Waals surface area contributed by atoms with E-state index < -0.39 is 0 Å². The Morgan fingerprint density at radius 2 is 2.11 bits per heavy atom. The van der Waals surface area contributed by atoms with Gasteiger partial charge in [0.25, 0.3) is 0 Å². The highest BCUT2D eigenvalue weighted by Gasteiger charge is 1.94. The molecule has 0 N–H and O–H groups in total. The van der Waals surface area contributed by atoms with Crippen LogP contribution in [0.15, 0.2) is 0 Å². The van der Waals surface area contributed by atoms with Crippen molar-refractivity contribution >= 4 is 41.2 Å². The van der Waals surface area contributed by atoms with Crippen molar-refractivity contribution in [2.75, 3.05) is 0 Å². The lowest BCUT2D eigenvalue weighted by Crippen LogP contribution is -1.88. The Morgan fingerprint density at radius 1 is 1.56 bits per heavy atom. The zero-order chi connectivity index (χ0) is 6.41. The average Bonchev–Trinajstić information content (AvgIpc) is 1.83. The molecule has 3 heteroatoms. The van der Waals surface area contributed by atoms with Gasteiger partial charge < -0.3 is 0 Å². The molecule has 0 aliphatic rings. The van der Waals surface area contributed by atoms with E-state index in [9.17, 15) is 0 Å². The molecule has 0 spiro atoms. The van der Waals surface area contributed by atoms with Crippen molar-refractivity contribution in [2.24, 2.45) is 0 Å². The first-order valence-corrected chi connectivity index (χ1v) is 6.16. The number of hydrogen-bond acceptors (Lipinski definition) is 0. The Balaban J connectivity index is 0. The maximum absolute atomic E-state index is 2.82. The van der Waals surface area contributed by atoms with Gasteiger partial charge in [-0.1, -0.05) is 35.0 Å². The van der Waals surface area contributed by atoms with E-state index in [-0.39, 0.29) is 24.0 Å². The van der Waals surface area contributed by atoms with E-state index in [4.69, 9.17) is 0 Å². The summed E-state index contributed by atoms with van der Waals surface area (Å²) in [7, 11) is 3.87. The van der Waals surface area contributed by atoms with Crippen LogP contribution < -0.4 is 0 Å². The van der Waals surface area contributed by atoms with Crippen LogP contribution >= 0.6 is 41.2 Å². The Kier molecular flexibility index (Phi) is 14.1. The van der Waals surface area contributed by atoms with Crippen LogP contribution in [0.25, 0.3) is 0 Å². The highest BCUT2D eigenvalue weighted by Crippen LogP contribution is 2.30. The van der Waals surface area contributed by atoms with Crippen molar-refractivity contribution < 1.29 is 0 Å². The van der Waals surface area contributed by atoms with E-state index in [1.54, 1.807) is 0 Å². The first-order chi connectivity index (χ1) is 3.81. The number of rotatable bonds is 4. The molecule has 0 saturated carbocycles. The molecular formula is C6H17IP2. The highest BCUT2D eigenvalue weighted by atomic mass is 127. The predicted octanol–water partition coefficient (Wildman–Crippen LogP) is 3.65. The minimum absolute atomic E-state index is 0. The minimum atomic E-state index is 0.